The number of likely N-dealkylation sites (tertiary alicyclic amines) is 1. The maximum atomic E-state index is 6.32. The van der Waals surface area contributed by atoms with Gasteiger partial charge in [-0.05, 0) is 37.7 Å². The molecule has 2 unspecified atom stereocenters. The summed E-state index contributed by atoms with van der Waals surface area (Å²) < 4.78 is 0. The van der Waals surface area contributed by atoms with Crippen molar-refractivity contribution in [1.29, 1.82) is 0 Å². The Morgan fingerprint density at radius 2 is 1.95 bits per heavy atom. The molecular formula is C17H26N2. The third kappa shape index (κ3) is 3.01. The van der Waals surface area contributed by atoms with Crippen LogP contribution in [0.4, 0.5) is 0 Å². The van der Waals surface area contributed by atoms with Crippen LogP contribution in [0, 0.1) is 6.92 Å². The molecule has 1 aliphatic carbocycles. The van der Waals surface area contributed by atoms with Gasteiger partial charge in [-0.25, -0.2) is 0 Å². The van der Waals surface area contributed by atoms with Crippen LogP contribution in [0.15, 0.2) is 24.3 Å². The van der Waals surface area contributed by atoms with Gasteiger partial charge in [-0.3, -0.25) is 4.90 Å². The van der Waals surface area contributed by atoms with E-state index in [9.17, 15) is 0 Å². The molecule has 1 aromatic rings. The molecule has 19 heavy (non-hydrogen) atoms. The lowest BCUT2D eigenvalue weighted by Crippen LogP contribution is -2.49. The van der Waals surface area contributed by atoms with E-state index in [1.54, 1.807) is 0 Å². The fourth-order valence-electron chi connectivity index (χ4n) is 3.91. The predicted molar refractivity (Wildman–Crippen MR) is 80.3 cm³/mol. The summed E-state index contributed by atoms with van der Waals surface area (Å²) in [5.41, 5.74) is 9.17. The minimum Gasteiger partial charge on any atom is -0.327 e. The number of rotatable bonds is 2. The summed E-state index contributed by atoms with van der Waals surface area (Å²) in [6, 6.07) is 10.1. The molecule has 2 nitrogen and oxygen atoms in total. The minimum absolute atomic E-state index is 0.347. The van der Waals surface area contributed by atoms with E-state index < -0.39 is 0 Å². The molecule has 0 radical (unpaired) electrons. The lowest BCUT2D eigenvalue weighted by molar-refractivity contribution is 0.136. The van der Waals surface area contributed by atoms with E-state index in [2.05, 4.69) is 36.1 Å². The molecule has 0 bridgehead atoms. The van der Waals surface area contributed by atoms with Crippen LogP contribution in [0.2, 0.25) is 0 Å². The molecule has 2 atom stereocenters. The van der Waals surface area contributed by atoms with Crippen LogP contribution in [0.25, 0.3) is 0 Å². The summed E-state index contributed by atoms with van der Waals surface area (Å²) in [6.45, 7) is 4.50. The second-order valence-electron chi connectivity index (χ2n) is 6.50. The number of aryl methyl sites for hydroxylation is 1. The van der Waals surface area contributed by atoms with Gasteiger partial charge in [-0.1, -0.05) is 42.7 Å². The SMILES string of the molecule is Cc1cccc(C2CC(N)CN(C3CCCC3)C2)c1. The number of hydrogen-bond acceptors (Lipinski definition) is 2. The average Bonchev–Trinajstić information content (AvgIpc) is 2.92. The van der Waals surface area contributed by atoms with Crippen LogP contribution in [0.5, 0.6) is 0 Å². The van der Waals surface area contributed by atoms with Gasteiger partial charge in [0.25, 0.3) is 0 Å². The highest BCUT2D eigenvalue weighted by Crippen LogP contribution is 2.32. The Labute approximate surface area is 117 Å². The first-order valence-electron chi connectivity index (χ1n) is 7.78. The zero-order chi connectivity index (χ0) is 13.2. The minimum atomic E-state index is 0.347. The van der Waals surface area contributed by atoms with E-state index in [-0.39, 0.29) is 0 Å². The molecule has 1 saturated heterocycles. The first-order chi connectivity index (χ1) is 9.22. The number of nitrogens with two attached hydrogens (primary N) is 1. The zero-order valence-corrected chi connectivity index (χ0v) is 12.0. The summed E-state index contributed by atoms with van der Waals surface area (Å²) in [7, 11) is 0. The van der Waals surface area contributed by atoms with Gasteiger partial charge < -0.3 is 5.73 Å². The van der Waals surface area contributed by atoms with Crippen molar-refractivity contribution in [3.63, 3.8) is 0 Å². The van der Waals surface area contributed by atoms with E-state index in [1.807, 2.05) is 0 Å². The van der Waals surface area contributed by atoms with Gasteiger partial charge in [0.2, 0.25) is 0 Å². The van der Waals surface area contributed by atoms with E-state index >= 15 is 0 Å². The Bertz CT molecular complexity index is 423. The molecule has 104 valence electrons. The number of benzene rings is 1. The van der Waals surface area contributed by atoms with Gasteiger partial charge in [0.15, 0.2) is 0 Å². The molecule has 3 rings (SSSR count). The lowest BCUT2D eigenvalue weighted by atomic mass is 9.87. The van der Waals surface area contributed by atoms with Gasteiger partial charge in [0.1, 0.15) is 0 Å². The Morgan fingerprint density at radius 1 is 1.16 bits per heavy atom. The molecule has 0 spiro atoms. The summed E-state index contributed by atoms with van der Waals surface area (Å²) in [4.78, 5) is 2.67. The van der Waals surface area contributed by atoms with Crippen molar-refractivity contribution in [3.8, 4) is 0 Å². The summed E-state index contributed by atoms with van der Waals surface area (Å²) in [5.74, 6) is 0.629. The fourth-order valence-corrected chi connectivity index (χ4v) is 3.91. The third-order valence-electron chi connectivity index (χ3n) is 4.87. The largest absolute Gasteiger partial charge is 0.327 e. The topological polar surface area (TPSA) is 29.3 Å². The molecule has 0 amide bonds. The van der Waals surface area contributed by atoms with Crippen molar-refractivity contribution < 1.29 is 0 Å². The zero-order valence-electron chi connectivity index (χ0n) is 12.0. The number of nitrogens with zero attached hydrogens (tertiary/aromatic N) is 1. The third-order valence-corrected chi connectivity index (χ3v) is 4.87. The van der Waals surface area contributed by atoms with Crippen LogP contribution < -0.4 is 5.73 Å². The summed E-state index contributed by atoms with van der Waals surface area (Å²) in [6.07, 6.45) is 6.73. The van der Waals surface area contributed by atoms with E-state index in [0.29, 0.717) is 12.0 Å². The van der Waals surface area contributed by atoms with Gasteiger partial charge in [0.05, 0.1) is 0 Å². The maximum absolute atomic E-state index is 6.32. The fraction of sp³-hybridized carbons (Fsp3) is 0.647. The van der Waals surface area contributed by atoms with E-state index in [1.165, 1.54) is 43.4 Å². The normalized spacial score (nSPS) is 29.8. The smallest absolute Gasteiger partial charge is 0.0174 e. The quantitative estimate of drug-likeness (QED) is 0.883. The van der Waals surface area contributed by atoms with E-state index in [0.717, 1.165) is 19.0 Å². The van der Waals surface area contributed by atoms with Crippen LogP contribution in [-0.4, -0.2) is 30.1 Å². The highest BCUT2D eigenvalue weighted by atomic mass is 15.2. The van der Waals surface area contributed by atoms with Crippen molar-refractivity contribution in [3.05, 3.63) is 35.4 Å². The van der Waals surface area contributed by atoms with Crippen LogP contribution in [-0.2, 0) is 0 Å². The van der Waals surface area contributed by atoms with Crippen molar-refractivity contribution >= 4 is 0 Å². The Balaban J connectivity index is 1.74. The maximum Gasteiger partial charge on any atom is 0.0174 e. The Hall–Kier alpha value is -0.860. The molecule has 2 N–H and O–H groups in total. The predicted octanol–water partition coefficient (Wildman–Crippen LogP) is 3.05. The molecule has 1 aliphatic heterocycles. The van der Waals surface area contributed by atoms with Crippen LogP contribution in [0.3, 0.4) is 0 Å². The van der Waals surface area contributed by atoms with Crippen molar-refractivity contribution in [2.24, 2.45) is 5.73 Å². The molecule has 1 aromatic carbocycles. The molecular weight excluding hydrogens is 232 g/mol. The van der Waals surface area contributed by atoms with Gasteiger partial charge in [-0.2, -0.15) is 0 Å². The lowest BCUT2D eigenvalue weighted by Gasteiger charge is -2.40. The number of piperidine rings is 1. The van der Waals surface area contributed by atoms with Crippen LogP contribution >= 0.6 is 0 Å². The summed E-state index contributed by atoms with van der Waals surface area (Å²) in [5, 5.41) is 0. The summed E-state index contributed by atoms with van der Waals surface area (Å²) >= 11 is 0. The Morgan fingerprint density at radius 3 is 2.68 bits per heavy atom. The standard InChI is InChI=1S/C17H26N2/c1-13-5-4-6-14(9-13)15-10-16(18)12-19(11-15)17-7-2-3-8-17/h4-6,9,15-17H,2-3,7-8,10-12,18H2,1H3. The Kier molecular flexibility index (Phi) is 3.90. The van der Waals surface area contributed by atoms with Crippen LogP contribution in [0.1, 0.15) is 49.1 Å². The molecule has 2 fully saturated rings. The van der Waals surface area contributed by atoms with Gasteiger partial charge in [0, 0.05) is 25.2 Å². The second-order valence-corrected chi connectivity index (χ2v) is 6.50. The second kappa shape index (κ2) is 5.64. The van der Waals surface area contributed by atoms with Gasteiger partial charge in [-0.15, -0.1) is 0 Å². The average molecular weight is 258 g/mol. The van der Waals surface area contributed by atoms with Crippen molar-refractivity contribution in [2.45, 2.75) is 57.0 Å². The van der Waals surface area contributed by atoms with Crippen molar-refractivity contribution in [1.82, 2.24) is 4.90 Å². The first-order valence-corrected chi connectivity index (χ1v) is 7.78. The van der Waals surface area contributed by atoms with E-state index in [4.69, 9.17) is 5.73 Å². The van der Waals surface area contributed by atoms with Gasteiger partial charge >= 0.3 is 0 Å². The molecule has 0 aromatic heterocycles. The molecule has 1 saturated carbocycles. The highest BCUT2D eigenvalue weighted by molar-refractivity contribution is 5.26. The highest BCUT2D eigenvalue weighted by Gasteiger charge is 2.31. The first kappa shape index (κ1) is 13.1. The molecule has 2 aliphatic rings. The monoisotopic (exact) mass is 258 g/mol. The number of hydrogen-bond donors (Lipinski definition) is 1. The molecule has 2 heteroatoms. The van der Waals surface area contributed by atoms with Crippen molar-refractivity contribution in [2.75, 3.05) is 13.1 Å². The molecule has 1 heterocycles.